The van der Waals surface area contributed by atoms with Gasteiger partial charge in [0.25, 0.3) is 5.66 Å². The summed E-state index contributed by atoms with van der Waals surface area (Å²) in [5, 5.41) is 11.1. The molecule has 0 bridgehead atoms. The van der Waals surface area contributed by atoms with Gasteiger partial charge in [-0.05, 0) is 6.42 Å². The van der Waals surface area contributed by atoms with Gasteiger partial charge >= 0.3 is 6.18 Å². The van der Waals surface area contributed by atoms with E-state index in [1.807, 2.05) is 0 Å². The predicted molar refractivity (Wildman–Crippen MR) is 61.2 cm³/mol. The van der Waals surface area contributed by atoms with Crippen molar-refractivity contribution >= 4 is 17.4 Å². The molecule has 1 heterocycles. The van der Waals surface area contributed by atoms with Crippen molar-refractivity contribution in [3.05, 3.63) is 0 Å². The third-order valence-corrected chi connectivity index (χ3v) is 2.70. The van der Waals surface area contributed by atoms with Crippen molar-refractivity contribution in [3.63, 3.8) is 0 Å². The van der Waals surface area contributed by atoms with Crippen LogP contribution in [-0.2, 0) is 9.59 Å². The number of primary amides is 1. The summed E-state index contributed by atoms with van der Waals surface area (Å²) in [4.78, 5) is 25.7. The fraction of sp³-hybridized carbons (Fsp3) is 0.600. The van der Waals surface area contributed by atoms with Gasteiger partial charge in [-0.25, -0.2) is 4.99 Å². The van der Waals surface area contributed by atoms with E-state index in [1.165, 1.54) is 6.07 Å². The summed E-state index contributed by atoms with van der Waals surface area (Å²) in [5.74, 6) is -1.74. The van der Waals surface area contributed by atoms with Crippen molar-refractivity contribution < 1.29 is 22.8 Å². The molecule has 0 aliphatic carbocycles. The lowest BCUT2D eigenvalue weighted by molar-refractivity contribution is -0.124. The second-order valence-electron chi connectivity index (χ2n) is 4.21. The van der Waals surface area contributed by atoms with Gasteiger partial charge in [0, 0.05) is 13.0 Å². The monoisotopic (exact) mass is 291 g/mol. The molecule has 1 aliphatic heterocycles. The van der Waals surface area contributed by atoms with Gasteiger partial charge in [-0.3, -0.25) is 14.9 Å². The molecule has 1 aliphatic rings. The molecule has 1 amide bonds. The molecular formula is C10H12F3N5O2. The number of nitriles is 1. The molecule has 0 saturated heterocycles. The SMILES string of the molecule is N#CC1(C(=O)[C@@H](N)CCC(N)=O)N=C(C(F)(F)F)CN1. The topological polar surface area (TPSA) is 134 Å². The molecule has 0 spiro atoms. The molecule has 7 nitrogen and oxygen atoms in total. The zero-order valence-electron chi connectivity index (χ0n) is 10.2. The molecule has 10 heteroatoms. The number of aliphatic imine (C=N–C) groups is 1. The van der Waals surface area contributed by atoms with Gasteiger partial charge in [-0.2, -0.15) is 18.4 Å². The summed E-state index contributed by atoms with van der Waals surface area (Å²) in [6.45, 7) is -0.759. The van der Waals surface area contributed by atoms with Crippen molar-refractivity contribution in [2.75, 3.05) is 6.54 Å². The Balaban J connectivity index is 2.92. The molecule has 2 atom stereocenters. The van der Waals surface area contributed by atoms with Crippen LogP contribution in [0.5, 0.6) is 0 Å². The van der Waals surface area contributed by atoms with Crippen molar-refractivity contribution in [1.82, 2.24) is 5.32 Å². The van der Waals surface area contributed by atoms with Gasteiger partial charge in [-0.1, -0.05) is 0 Å². The lowest BCUT2D eigenvalue weighted by Crippen LogP contribution is -2.53. The van der Waals surface area contributed by atoms with Crippen LogP contribution in [0.15, 0.2) is 4.99 Å². The average molecular weight is 291 g/mol. The number of carbonyl (C=O) groups is 2. The summed E-state index contributed by atoms with van der Waals surface area (Å²) in [7, 11) is 0. The Hall–Kier alpha value is -1.99. The number of halogens is 3. The highest BCUT2D eigenvalue weighted by Gasteiger charge is 2.50. The maximum Gasteiger partial charge on any atom is 0.430 e. The first kappa shape index (κ1) is 16.1. The van der Waals surface area contributed by atoms with E-state index < -0.39 is 41.8 Å². The smallest absolute Gasteiger partial charge is 0.370 e. The average Bonchev–Trinajstić information content (AvgIpc) is 2.80. The van der Waals surface area contributed by atoms with Gasteiger partial charge in [0.2, 0.25) is 11.7 Å². The van der Waals surface area contributed by atoms with Gasteiger partial charge in [0.1, 0.15) is 11.8 Å². The lowest BCUT2D eigenvalue weighted by atomic mass is 9.97. The van der Waals surface area contributed by atoms with Crippen LogP contribution in [0.25, 0.3) is 0 Å². The van der Waals surface area contributed by atoms with E-state index in [2.05, 4.69) is 10.3 Å². The normalized spacial score (nSPS) is 23.9. The number of nitrogens with two attached hydrogens (primary N) is 2. The standard InChI is InChI=1S/C10H12F3N5O2/c11-10(12,13)6-3-17-9(4-14,18-6)8(20)5(15)1-2-7(16)19/h5,17H,1-3,15H2,(H2,16,19)/t5-,9?/m0/s1. The van der Waals surface area contributed by atoms with Crippen LogP contribution in [0.1, 0.15) is 12.8 Å². The number of carbonyl (C=O) groups excluding carboxylic acids is 2. The Bertz CT molecular complexity index is 496. The summed E-state index contributed by atoms with van der Waals surface area (Å²) in [6.07, 6.45) is -5.12. The van der Waals surface area contributed by atoms with Gasteiger partial charge < -0.3 is 11.5 Å². The first-order chi connectivity index (χ1) is 9.12. The second kappa shape index (κ2) is 5.56. The van der Waals surface area contributed by atoms with Gasteiger partial charge in [-0.15, -0.1) is 0 Å². The molecule has 0 fully saturated rings. The lowest BCUT2D eigenvalue weighted by Gasteiger charge is -2.20. The molecule has 0 aromatic heterocycles. The van der Waals surface area contributed by atoms with E-state index in [-0.39, 0.29) is 12.8 Å². The van der Waals surface area contributed by atoms with E-state index in [9.17, 15) is 22.8 Å². The van der Waals surface area contributed by atoms with Crippen LogP contribution in [0, 0.1) is 11.3 Å². The Labute approximate surface area is 111 Å². The number of nitrogens with zero attached hydrogens (tertiary/aromatic N) is 2. The summed E-state index contributed by atoms with van der Waals surface area (Å²) in [5.41, 5.74) is 6.72. The first-order valence-corrected chi connectivity index (χ1v) is 5.53. The maximum atomic E-state index is 12.5. The predicted octanol–water partition coefficient (Wildman–Crippen LogP) is -1.03. The third-order valence-electron chi connectivity index (χ3n) is 2.70. The third kappa shape index (κ3) is 3.31. The summed E-state index contributed by atoms with van der Waals surface area (Å²) >= 11 is 0. The number of alkyl halides is 3. The molecule has 0 aromatic carbocycles. The quantitative estimate of drug-likeness (QED) is 0.595. The minimum atomic E-state index is -4.73. The Morgan fingerprint density at radius 3 is 2.55 bits per heavy atom. The summed E-state index contributed by atoms with van der Waals surface area (Å²) < 4.78 is 37.4. The number of hydrogen-bond acceptors (Lipinski definition) is 6. The highest BCUT2D eigenvalue weighted by Crippen LogP contribution is 2.25. The minimum absolute atomic E-state index is 0.170. The van der Waals surface area contributed by atoms with Crippen LogP contribution in [0.2, 0.25) is 0 Å². The number of hydrogen-bond donors (Lipinski definition) is 3. The molecule has 0 saturated carbocycles. The van der Waals surface area contributed by atoms with Crippen LogP contribution in [0.3, 0.4) is 0 Å². The maximum absolute atomic E-state index is 12.5. The van der Waals surface area contributed by atoms with E-state index >= 15 is 0 Å². The van der Waals surface area contributed by atoms with Crippen molar-refractivity contribution in [2.45, 2.75) is 30.7 Å². The first-order valence-electron chi connectivity index (χ1n) is 5.53. The van der Waals surface area contributed by atoms with E-state index in [0.717, 1.165) is 0 Å². The summed E-state index contributed by atoms with van der Waals surface area (Å²) in [6, 6.07) is 0.0896. The highest BCUT2D eigenvalue weighted by molar-refractivity contribution is 6.03. The second-order valence-corrected chi connectivity index (χ2v) is 4.21. The Kier molecular flexibility index (Phi) is 4.46. The minimum Gasteiger partial charge on any atom is -0.370 e. The zero-order chi connectivity index (χ0) is 15.6. The highest BCUT2D eigenvalue weighted by atomic mass is 19.4. The Morgan fingerprint density at radius 2 is 2.15 bits per heavy atom. The molecule has 20 heavy (non-hydrogen) atoms. The van der Waals surface area contributed by atoms with Crippen LogP contribution in [0.4, 0.5) is 13.2 Å². The largest absolute Gasteiger partial charge is 0.430 e. The van der Waals surface area contributed by atoms with Crippen molar-refractivity contribution in [3.8, 4) is 6.07 Å². The number of Topliss-reactive ketones (excluding diaryl/α,β-unsaturated/α-hetero) is 1. The van der Waals surface area contributed by atoms with Crippen LogP contribution < -0.4 is 16.8 Å². The van der Waals surface area contributed by atoms with E-state index in [0.29, 0.717) is 0 Å². The molecule has 0 aromatic rings. The van der Waals surface area contributed by atoms with E-state index in [4.69, 9.17) is 16.7 Å². The molecule has 1 rings (SSSR count). The molecule has 1 unspecified atom stereocenters. The van der Waals surface area contributed by atoms with Crippen molar-refractivity contribution in [1.29, 1.82) is 5.26 Å². The fourth-order valence-corrected chi connectivity index (χ4v) is 1.62. The van der Waals surface area contributed by atoms with Gasteiger partial charge in [0.15, 0.2) is 0 Å². The number of ketones is 1. The molecule has 0 radical (unpaired) electrons. The number of nitrogens with one attached hydrogen (secondary N) is 1. The van der Waals surface area contributed by atoms with Crippen molar-refractivity contribution in [2.24, 2.45) is 16.5 Å². The Morgan fingerprint density at radius 1 is 1.55 bits per heavy atom. The number of amides is 1. The number of rotatable bonds is 5. The molecule has 110 valence electrons. The fourth-order valence-electron chi connectivity index (χ4n) is 1.62. The van der Waals surface area contributed by atoms with Crippen LogP contribution >= 0.6 is 0 Å². The van der Waals surface area contributed by atoms with E-state index in [1.54, 1.807) is 0 Å². The van der Waals surface area contributed by atoms with Gasteiger partial charge in [0.05, 0.1) is 6.04 Å². The van der Waals surface area contributed by atoms with Crippen LogP contribution in [-0.4, -0.2) is 41.8 Å². The zero-order valence-corrected chi connectivity index (χ0v) is 10.2. The molecular weight excluding hydrogens is 279 g/mol. The molecule has 5 N–H and O–H groups in total.